The number of fused-ring (bicyclic) bond motifs is 1. The Kier molecular flexibility index (Phi) is 23.9. The summed E-state index contributed by atoms with van der Waals surface area (Å²) >= 11 is 0. The molecule has 1 saturated heterocycles. The van der Waals surface area contributed by atoms with E-state index in [9.17, 15) is 14.4 Å². The first-order valence-corrected chi connectivity index (χ1v) is 27.8. The summed E-state index contributed by atoms with van der Waals surface area (Å²) in [5.74, 6) is -20.1. The predicted octanol–water partition coefficient (Wildman–Crippen LogP) is 1.67. The molecule has 2 heterocycles. The van der Waals surface area contributed by atoms with E-state index in [-0.39, 0.29) is 18.8 Å². The Bertz CT molecular complexity index is 2640. The van der Waals surface area contributed by atoms with Crippen LogP contribution in [0.3, 0.4) is 0 Å². The second kappa shape index (κ2) is 28.0. The Labute approximate surface area is 470 Å². The van der Waals surface area contributed by atoms with Gasteiger partial charge in [-0.05, 0) is 75.3 Å². The molecule has 7 amide bonds. The molecular formula is C57H91N11O12. The predicted molar refractivity (Wildman–Crippen MR) is 300 cm³/mol. The number of ether oxygens (including phenoxy) is 1. The molecule has 1 aliphatic heterocycles. The number of benzene rings is 1. The highest BCUT2D eigenvalue weighted by Crippen LogP contribution is 2.52. The van der Waals surface area contributed by atoms with Gasteiger partial charge in [0.25, 0.3) is 0 Å². The molecule has 1 aromatic heterocycles. The zero-order valence-corrected chi connectivity index (χ0v) is 49.6. The summed E-state index contributed by atoms with van der Waals surface area (Å²) in [7, 11) is 0.845. The van der Waals surface area contributed by atoms with Gasteiger partial charge in [0.1, 0.15) is 17.4 Å². The number of carbonyl (C=O) groups is 11. The summed E-state index contributed by atoms with van der Waals surface area (Å²) in [6.07, 6.45) is -1.11. The molecule has 446 valence electrons. The third-order valence-electron chi connectivity index (χ3n) is 16.1. The molecule has 1 fully saturated rings. The Hall–Kier alpha value is -6.11. The highest BCUT2D eigenvalue weighted by Gasteiger charge is 2.76. The van der Waals surface area contributed by atoms with Gasteiger partial charge in [-0.25, -0.2) is 4.79 Å². The summed E-state index contributed by atoms with van der Waals surface area (Å²) in [4.78, 5) is 173. The van der Waals surface area contributed by atoms with Gasteiger partial charge < -0.3 is 49.0 Å². The van der Waals surface area contributed by atoms with E-state index in [1.165, 1.54) is 27.7 Å². The monoisotopic (exact) mass is 1120 g/mol. The van der Waals surface area contributed by atoms with Crippen molar-refractivity contribution in [2.45, 2.75) is 177 Å². The summed E-state index contributed by atoms with van der Waals surface area (Å²) in [5, 5.41) is 0.654. The van der Waals surface area contributed by atoms with Crippen LogP contribution in [-0.4, -0.2) is 157 Å². The number of aromatic amines is 1. The molecule has 23 heteroatoms. The lowest BCUT2D eigenvalue weighted by Gasteiger charge is -2.48. The Morgan fingerprint density at radius 2 is 1.20 bits per heavy atom. The number of carbonyl (C=O) groups excluding carboxylic acids is 11. The number of nitrogens with zero attached hydrogens (tertiary/aromatic N) is 4. The van der Waals surface area contributed by atoms with Crippen molar-refractivity contribution in [2.24, 2.45) is 81.2 Å². The van der Waals surface area contributed by atoms with Crippen LogP contribution in [0, 0.1) is 46.8 Å². The van der Waals surface area contributed by atoms with Gasteiger partial charge in [0.15, 0.2) is 11.6 Å². The summed E-state index contributed by atoms with van der Waals surface area (Å²) in [5.41, 5.74) is 33.9. The third-order valence-corrected chi connectivity index (χ3v) is 16.1. The fraction of sp³-hybridized carbons (Fsp3) is 0.667. The highest BCUT2D eigenvalue weighted by molar-refractivity contribution is 6.25. The average Bonchev–Trinajstić information content (AvgIpc) is 4.21. The number of rotatable bonds is 27. The van der Waals surface area contributed by atoms with Crippen LogP contribution in [0.5, 0.6) is 0 Å². The van der Waals surface area contributed by atoms with E-state index in [0.717, 1.165) is 21.0 Å². The van der Waals surface area contributed by atoms with Crippen LogP contribution in [0.4, 0.5) is 0 Å². The second-order valence-corrected chi connectivity index (χ2v) is 23.1. The zero-order chi connectivity index (χ0) is 61.4. The number of amides is 7. The number of nitrogens with two attached hydrogens (primary N) is 6. The fourth-order valence-corrected chi connectivity index (χ4v) is 10.6. The lowest BCUT2D eigenvalue weighted by atomic mass is 9.59. The number of aromatic nitrogens is 1. The Balaban J connectivity index is 2.67. The Morgan fingerprint density at radius 3 is 1.69 bits per heavy atom. The first kappa shape index (κ1) is 68.2. The largest absolute Gasteiger partial charge is 0.467 e. The lowest BCUT2D eigenvalue weighted by molar-refractivity contribution is -0.182. The molecular weight excluding hydrogens is 1030 g/mol. The summed E-state index contributed by atoms with van der Waals surface area (Å²) < 4.78 is 5.45. The molecule has 2 aromatic rings. The van der Waals surface area contributed by atoms with Gasteiger partial charge in [-0.3, -0.25) is 62.6 Å². The number of imide groups is 3. The first-order valence-electron chi connectivity index (χ1n) is 27.8. The van der Waals surface area contributed by atoms with Crippen molar-refractivity contribution >= 4 is 75.6 Å². The average molecular weight is 1120 g/mol. The number of hydrogen-bond donors (Lipinski definition) is 7. The molecule has 13 unspecified atom stereocenters. The van der Waals surface area contributed by atoms with Crippen molar-refractivity contribution in [1.82, 2.24) is 24.6 Å². The van der Waals surface area contributed by atoms with Gasteiger partial charge in [-0.15, -0.1) is 0 Å². The number of para-hydroxylation sites is 1. The van der Waals surface area contributed by atoms with Crippen LogP contribution in [-0.2, 0) is 63.9 Å². The van der Waals surface area contributed by atoms with E-state index in [1.54, 1.807) is 85.9 Å². The van der Waals surface area contributed by atoms with Gasteiger partial charge in [0, 0.05) is 42.0 Å². The molecule has 0 radical (unpaired) electrons. The highest BCUT2D eigenvalue weighted by atomic mass is 16.5. The standard InChI is InChI=1S/C57H91N11O12/c1-16-31(9)43(62)52(76)65(50(74)35(13)58)27-33(11)45(70)57(55(79)80-15)56(36(14)69,46(71)39(59)25-37-26-64-41-21-19-18-20-38(37)41)22-23-66(57)49(73)34(12)47(67(48(72)30(7)8)51(75)40(60)24-28(3)4)68(53(77)42(61)29(5)6)54(78)44(63)32(10)17-2/h18-21,26,28-35,39-40,42-44,47,64H,16-17,22-25,27,58-63H2,1-15H3. The number of methoxy groups -OCH3 is 1. The van der Waals surface area contributed by atoms with E-state index >= 15 is 38.4 Å². The van der Waals surface area contributed by atoms with Gasteiger partial charge in [0.05, 0.1) is 49.3 Å². The number of ketones is 3. The summed E-state index contributed by atoms with van der Waals surface area (Å²) in [6.45, 7) is 19.2. The van der Waals surface area contributed by atoms with Crippen LogP contribution in [0.25, 0.3) is 10.9 Å². The van der Waals surface area contributed by atoms with Crippen molar-refractivity contribution in [3.05, 3.63) is 36.0 Å². The van der Waals surface area contributed by atoms with Crippen molar-refractivity contribution in [1.29, 1.82) is 0 Å². The molecule has 1 aliphatic rings. The molecule has 1 aromatic carbocycles. The van der Waals surface area contributed by atoms with Crippen molar-refractivity contribution < 1.29 is 57.5 Å². The SMILES string of the molecule is CCC(C)C(N)C(=O)N(CC(C)C(=O)C1(C(=O)OC)N(C(=O)C(C)C(N(C(=O)C(C)C)C(=O)C(N)CC(C)C)N(C(=O)C(N)C(C)C)C(=O)C(N)C(C)CC)CCC1(C(C)=O)C(=O)C(N)Cc1c[nH]c2ccccc12)C(=O)C(C)N. The van der Waals surface area contributed by atoms with Crippen molar-refractivity contribution in [3.63, 3.8) is 0 Å². The van der Waals surface area contributed by atoms with Crippen LogP contribution in [0.15, 0.2) is 30.5 Å². The van der Waals surface area contributed by atoms with E-state index < -0.39 is 173 Å². The van der Waals surface area contributed by atoms with Crippen molar-refractivity contribution in [3.8, 4) is 0 Å². The molecule has 0 aliphatic carbocycles. The quantitative estimate of drug-likeness (QED) is 0.0380. The van der Waals surface area contributed by atoms with Gasteiger partial charge >= 0.3 is 5.97 Å². The minimum Gasteiger partial charge on any atom is -0.467 e. The second-order valence-electron chi connectivity index (χ2n) is 23.1. The number of H-pyrrole nitrogens is 1. The van der Waals surface area contributed by atoms with Crippen molar-refractivity contribution in [2.75, 3.05) is 20.2 Å². The summed E-state index contributed by atoms with van der Waals surface area (Å²) in [6, 6.07) is -1.83. The molecule has 13 N–H and O–H groups in total. The van der Waals surface area contributed by atoms with E-state index in [0.29, 0.717) is 48.9 Å². The number of nitrogens with one attached hydrogen (secondary N) is 1. The lowest BCUT2D eigenvalue weighted by Crippen LogP contribution is -2.74. The van der Waals surface area contributed by atoms with Gasteiger partial charge in [0.2, 0.25) is 46.9 Å². The maximum Gasteiger partial charge on any atom is 0.341 e. The Morgan fingerprint density at radius 1 is 0.675 bits per heavy atom. The smallest absolute Gasteiger partial charge is 0.341 e. The minimum atomic E-state index is -3.39. The fourth-order valence-electron chi connectivity index (χ4n) is 10.6. The normalized spacial score (nSPS) is 20.6. The molecule has 13 atom stereocenters. The zero-order valence-electron chi connectivity index (χ0n) is 49.6. The molecule has 80 heavy (non-hydrogen) atoms. The molecule has 0 saturated carbocycles. The number of Topliss-reactive ketones (excluding diaryl/α,β-unsaturated/α-hetero) is 3. The molecule has 0 bridgehead atoms. The number of hydrogen-bond acceptors (Lipinski definition) is 18. The molecule has 3 rings (SSSR count). The van der Waals surface area contributed by atoms with E-state index in [4.69, 9.17) is 39.1 Å². The third kappa shape index (κ3) is 13.3. The van der Waals surface area contributed by atoms with E-state index in [2.05, 4.69) is 4.98 Å². The van der Waals surface area contributed by atoms with Crippen LogP contribution in [0.1, 0.15) is 128 Å². The van der Waals surface area contributed by atoms with Crippen LogP contribution >= 0.6 is 0 Å². The topological polar surface area (TPSA) is 382 Å². The first-order chi connectivity index (χ1) is 37.1. The maximum absolute atomic E-state index is 16.4. The van der Waals surface area contributed by atoms with Gasteiger partial charge in [-0.1, -0.05) is 107 Å². The molecule has 0 spiro atoms. The van der Waals surface area contributed by atoms with E-state index in [1.807, 2.05) is 0 Å². The maximum atomic E-state index is 16.4. The number of likely N-dealkylation sites (tertiary alicyclic amines) is 1. The molecule has 23 nitrogen and oxygen atoms in total. The van der Waals surface area contributed by atoms with Gasteiger partial charge in [-0.2, -0.15) is 0 Å². The van der Waals surface area contributed by atoms with Crippen LogP contribution < -0.4 is 34.4 Å². The van der Waals surface area contributed by atoms with Crippen LogP contribution in [0.2, 0.25) is 0 Å². The minimum absolute atomic E-state index is 0.0330. The number of esters is 1.